The minimum atomic E-state index is -0.274. The number of hydrogen-bond acceptors (Lipinski definition) is 4. The minimum absolute atomic E-state index is 0.0548. The van der Waals surface area contributed by atoms with Gasteiger partial charge in [0, 0.05) is 24.3 Å². The molecule has 1 aliphatic rings. The van der Waals surface area contributed by atoms with Crippen LogP contribution in [0.4, 0.5) is 5.69 Å². The van der Waals surface area contributed by atoms with Crippen LogP contribution in [-0.4, -0.2) is 49.6 Å². The van der Waals surface area contributed by atoms with Gasteiger partial charge in [0.05, 0.1) is 13.2 Å². The summed E-state index contributed by atoms with van der Waals surface area (Å²) in [6, 6.07) is 12.7. The largest absolute Gasteiger partial charge is 0.484 e. The summed E-state index contributed by atoms with van der Waals surface area (Å²) in [4.78, 5) is 26.5. The number of amides is 2. The molecule has 6 heteroatoms. The molecule has 0 aromatic heterocycles. The summed E-state index contributed by atoms with van der Waals surface area (Å²) in [6.07, 6.45) is 0. The molecule has 3 rings (SSSR count). The number of nitrogens with one attached hydrogen (secondary N) is 1. The first-order chi connectivity index (χ1) is 13.0. The maximum Gasteiger partial charge on any atom is 0.262 e. The predicted octanol–water partition coefficient (Wildman–Crippen LogP) is 2.79. The van der Waals surface area contributed by atoms with Crippen LogP contribution in [0.3, 0.4) is 0 Å². The van der Waals surface area contributed by atoms with E-state index in [1.165, 1.54) is 5.56 Å². The smallest absolute Gasteiger partial charge is 0.262 e. The van der Waals surface area contributed by atoms with Gasteiger partial charge in [0.2, 0.25) is 0 Å². The third kappa shape index (κ3) is 5.08. The van der Waals surface area contributed by atoms with Gasteiger partial charge in [-0.1, -0.05) is 12.1 Å². The molecule has 0 saturated carbocycles. The van der Waals surface area contributed by atoms with Crippen molar-refractivity contribution >= 4 is 17.5 Å². The lowest BCUT2D eigenvalue weighted by molar-refractivity contribution is -0.118. The average Bonchev–Trinajstić information content (AvgIpc) is 2.69. The Bertz CT molecular complexity index is 829. The van der Waals surface area contributed by atoms with Gasteiger partial charge in [-0.25, -0.2) is 0 Å². The number of carbonyl (C=O) groups is 2. The van der Waals surface area contributed by atoms with Crippen molar-refractivity contribution < 1.29 is 19.1 Å². The monoisotopic (exact) mass is 368 g/mol. The van der Waals surface area contributed by atoms with Crippen molar-refractivity contribution in [2.45, 2.75) is 13.8 Å². The highest BCUT2D eigenvalue weighted by atomic mass is 16.5. The van der Waals surface area contributed by atoms with Crippen LogP contribution in [0.25, 0.3) is 0 Å². The molecule has 0 radical (unpaired) electrons. The van der Waals surface area contributed by atoms with Crippen LogP contribution in [-0.2, 0) is 9.53 Å². The van der Waals surface area contributed by atoms with Crippen LogP contribution < -0.4 is 10.1 Å². The van der Waals surface area contributed by atoms with Crippen LogP contribution in [0, 0.1) is 13.8 Å². The van der Waals surface area contributed by atoms with Gasteiger partial charge in [-0.05, 0) is 55.3 Å². The zero-order valence-electron chi connectivity index (χ0n) is 15.7. The highest BCUT2D eigenvalue weighted by Gasteiger charge is 2.18. The molecule has 0 spiro atoms. The lowest BCUT2D eigenvalue weighted by Crippen LogP contribution is -2.40. The highest BCUT2D eigenvalue weighted by molar-refractivity contribution is 5.97. The molecule has 27 heavy (non-hydrogen) atoms. The summed E-state index contributed by atoms with van der Waals surface area (Å²) in [5.41, 5.74) is 3.41. The van der Waals surface area contributed by atoms with Crippen molar-refractivity contribution in [3.63, 3.8) is 0 Å². The number of morpholine rings is 1. The van der Waals surface area contributed by atoms with Crippen molar-refractivity contribution in [2.24, 2.45) is 0 Å². The topological polar surface area (TPSA) is 67.9 Å². The molecule has 2 aromatic carbocycles. The molecule has 2 aromatic rings. The average molecular weight is 368 g/mol. The van der Waals surface area contributed by atoms with E-state index in [-0.39, 0.29) is 18.4 Å². The molecule has 0 atom stereocenters. The lowest BCUT2D eigenvalue weighted by Gasteiger charge is -2.27. The standard InChI is InChI=1S/C21H24N2O4/c1-15-6-7-19(12-16(15)2)27-14-20(24)22-18-5-3-4-17(13-18)21(25)23-8-10-26-11-9-23/h3-7,12-13H,8-11,14H2,1-2H3,(H,22,24). The van der Waals surface area contributed by atoms with Gasteiger partial charge in [-0.15, -0.1) is 0 Å². The third-order valence-corrected chi connectivity index (χ3v) is 4.54. The van der Waals surface area contributed by atoms with E-state index in [1.807, 2.05) is 32.0 Å². The minimum Gasteiger partial charge on any atom is -0.484 e. The Hall–Kier alpha value is -2.86. The number of rotatable bonds is 5. The van der Waals surface area contributed by atoms with Crippen molar-refractivity contribution in [3.05, 3.63) is 59.2 Å². The van der Waals surface area contributed by atoms with Crippen LogP contribution >= 0.6 is 0 Å². The van der Waals surface area contributed by atoms with Crippen molar-refractivity contribution in [1.82, 2.24) is 4.90 Å². The van der Waals surface area contributed by atoms with E-state index in [0.29, 0.717) is 43.3 Å². The summed E-state index contributed by atoms with van der Waals surface area (Å²) in [6.45, 7) is 6.20. The number of ether oxygens (including phenoxy) is 2. The van der Waals surface area contributed by atoms with Crippen molar-refractivity contribution in [1.29, 1.82) is 0 Å². The van der Waals surface area contributed by atoms with E-state index >= 15 is 0 Å². The molecule has 1 saturated heterocycles. The van der Waals surface area contributed by atoms with Crippen molar-refractivity contribution in [2.75, 3.05) is 38.2 Å². The fourth-order valence-corrected chi connectivity index (χ4v) is 2.83. The van der Waals surface area contributed by atoms with E-state index in [0.717, 1.165) is 5.56 Å². The van der Waals surface area contributed by atoms with E-state index in [1.54, 1.807) is 29.2 Å². The molecule has 1 fully saturated rings. The number of nitrogens with zero attached hydrogens (tertiary/aromatic N) is 1. The Morgan fingerprint density at radius 1 is 1.07 bits per heavy atom. The SMILES string of the molecule is Cc1ccc(OCC(=O)Nc2cccc(C(=O)N3CCOCC3)c2)cc1C. The quantitative estimate of drug-likeness (QED) is 0.881. The molecule has 1 aliphatic heterocycles. The second kappa shape index (κ2) is 8.68. The van der Waals surface area contributed by atoms with E-state index in [2.05, 4.69) is 5.32 Å². The summed E-state index contributed by atoms with van der Waals surface area (Å²) < 4.78 is 10.8. The molecule has 2 amide bonds. The van der Waals surface area contributed by atoms with Gasteiger partial charge >= 0.3 is 0 Å². The Balaban J connectivity index is 1.57. The van der Waals surface area contributed by atoms with Crippen LogP contribution in [0.1, 0.15) is 21.5 Å². The van der Waals surface area contributed by atoms with Crippen molar-refractivity contribution in [3.8, 4) is 5.75 Å². The van der Waals surface area contributed by atoms with Gasteiger partial charge in [0.25, 0.3) is 11.8 Å². The van der Waals surface area contributed by atoms with Gasteiger partial charge in [0.1, 0.15) is 5.75 Å². The van der Waals surface area contributed by atoms with Gasteiger partial charge in [-0.2, -0.15) is 0 Å². The third-order valence-electron chi connectivity index (χ3n) is 4.54. The second-order valence-electron chi connectivity index (χ2n) is 6.57. The summed E-state index contributed by atoms with van der Waals surface area (Å²) >= 11 is 0. The van der Waals surface area contributed by atoms with E-state index < -0.39 is 0 Å². The predicted molar refractivity (Wildman–Crippen MR) is 103 cm³/mol. The van der Waals surface area contributed by atoms with Gasteiger partial charge in [-0.3, -0.25) is 9.59 Å². The molecular weight excluding hydrogens is 344 g/mol. The molecule has 1 heterocycles. The Labute approximate surface area is 159 Å². The Morgan fingerprint density at radius 2 is 1.85 bits per heavy atom. The van der Waals surface area contributed by atoms with Crippen LogP contribution in [0.2, 0.25) is 0 Å². The second-order valence-corrected chi connectivity index (χ2v) is 6.57. The first-order valence-electron chi connectivity index (χ1n) is 9.00. The maximum atomic E-state index is 12.5. The van der Waals surface area contributed by atoms with Crippen LogP contribution in [0.5, 0.6) is 5.75 Å². The normalized spacial score (nSPS) is 13.9. The Morgan fingerprint density at radius 3 is 2.59 bits per heavy atom. The number of aryl methyl sites for hydroxylation is 2. The molecule has 142 valence electrons. The van der Waals surface area contributed by atoms with E-state index in [4.69, 9.17) is 9.47 Å². The first-order valence-corrected chi connectivity index (χ1v) is 9.00. The molecule has 0 bridgehead atoms. The zero-order chi connectivity index (χ0) is 19.2. The fourth-order valence-electron chi connectivity index (χ4n) is 2.83. The fraction of sp³-hybridized carbons (Fsp3) is 0.333. The number of benzene rings is 2. The summed E-state index contributed by atoms with van der Waals surface area (Å²) in [7, 11) is 0. The molecule has 0 unspecified atom stereocenters. The first kappa shape index (κ1) is 18.9. The van der Waals surface area contributed by atoms with Gasteiger partial charge in [0.15, 0.2) is 6.61 Å². The lowest BCUT2D eigenvalue weighted by atomic mass is 10.1. The number of anilines is 1. The maximum absolute atomic E-state index is 12.5. The Kier molecular flexibility index (Phi) is 6.08. The molecule has 6 nitrogen and oxygen atoms in total. The number of carbonyl (C=O) groups excluding carboxylic acids is 2. The highest BCUT2D eigenvalue weighted by Crippen LogP contribution is 2.17. The zero-order valence-corrected chi connectivity index (χ0v) is 15.7. The molecule has 1 N–H and O–H groups in total. The number of hydrogen-bond donors (Lipinski definition) is 1. The van der Waals surface area contributed by atoms with Gasteiger partial charge < -0.3 is 19.7 Å². The van der Waals surface area contributed by atoms with Crippen LogP contribution in [0.15, 0.2) is 42.5 Å². The molecule has 0 aliphatic carbocycles. The van der Waals surface area contributed by atoms with E-state index in [9.17, 15) is 9.59 Å². The molecular formula is C21H24N2O4. The summed E-state index contributed by atoms with van der Waals surface area (Å²) in [5.74, 6) is 0.328. The summed E-state index contributed by atoms with van der Waals surface area (Å²) in [5, 5.41) is 2.78.